The summed E-state index contributed by atoms with van der Waals surface area (Å²) in [7, 11) is -3.19. The van der Waals surface area contributed by atoms with Crippen LogP contribution in [0.15, 0.2) is 24.3 Å². The molecule has 21 heavy (non-hydrogen) atoms. The summed E-state index contributed by atoms with van der Waals surface area (Å²) in [6.07, 6.45) is -0.881. The highest BCUT2D eigenvalue weighted by molar-refractivity contribution is 7.91. The summed E-state index contributed by atoms with van der Waals surface area (Å²) in [5.41, 5.74) is 0.865. The highest BCUT2D eigenvalue weighted by Gasteiger charge is 2.39. The zero-order chi connectivity index (χ0) is 15.6. The van der Waals surface area contributed by atoms with Gasteiger partial charge in [-0.1, -0.05) is 19.1 Å². The lowest BCUT2D eigenvalue weighted by Gasteiger charge is -2.28. The van der Waals surface area contributed by atoms with Gasteiger partial charge in [-0.05, 0) is 12.1 Å². The zero-order valence-electron chi connectivity index (χ0n) is 11.7. The summed E-state index contributed by atoms with van der Waals surface area (Å²) in [6.45, 7) is 2.93. The average Bonchev–Trinajstić information content (AvgIpc) is 2.69. The van der Waals surface area contributed by atoms with E-state index in [1.807, 2.05) is 11.8 Å². The van der Waals surface area contributed by atoms with Crippen molar-refractivity contribution in [3.05, 3.63) is 39.9 Å². The molecule has 0 aliphatic carbocycles. The Kier molecular flexibility index (Phi) is 4.60. The van der Waals surface area contributed by atoms with Gasteiger partial charge in [-0.2, -0.15) is 0 Å². The van der Waals surface area contributed by atoms with Crippen molar-refractivity contribution in [2.75, 3.05) is 18.1 Å². The van der Waals surface area contributed by atoms with Crippen LogP contribution in [0.3, 0.4) is 0 Å². The molecule has 0 saturated carbocycles. The summed E-state index contributed by atoms with van der Waals surface area (Å²) < 4.78 is 23.2. The molecule has 0 unspecified atom stereocenters. The Balaban J connectivity index is 2.10. The van der Waals surface area contributed by atoms with Crippen molar-refractivity contribution in [2.45, 2.75) is 25.6 Å². The second-order valence-corrected chi connectivity index (χ2v) is 7.35. The number of nitro benzene ring substituents is 1. The van der Waals surface area contributed by atoms with Gasteiger partial charge in [-0.3, -0.25) is 15.0 Å². The van der Waals surface area contributed by atoms with Gasteiger partial charge in [-0.15, -0.1) is 0 Å². The third kappa shape index (κ3) is 3.78. The van der Waals surface area contributed by atoms with Crippen LogP contribution in [0.2, 0.25) is 0 Å². The number of aliphatic hydroxyl groups is 1. The molecule has 1 fully saturated rings. The SMILES string of the molecule is CCN(Cc1ccc([N+](=O)[O-])cc1)[C@@H]1CS(=O)(=O)C[C@@H]1O. The summed E-state index contributed by atoms with van der Waals surface area (Å²) in [6, 6.07) is 5.72. The molecular formula is C13H18N2O5S. The number of rotatable bonds is 5. The smallest absolute Gasteiger partial charge is 0.269 e. The van der Waals surface area contributed by atoms with Crippen LogP contribution in [0, 0.1) is 10.1 Å². The Bertz CT molecular complexity index is 614. The molecule has 1 aromatic carbocycles. The molecule has 1 N–H and O–H groups in total. The van der Waals surface area contributed by atoms with E-state index in [-0.39, 0.29) is 17.2 Å². The second-order valence-electron chi connectivity index (χ2n) is 5.20. The minimum atomic E-state index is -3.19. The number of likely N-dealkylation sites (N-methyl/N-ethyl adjacent to an activating group) is 1. The molecule has 1 aromatic rings. The van der Waals surface area contributed by atoms with E-state index >= 15 is 0 Å². The summed E-state index contributed by atoms with van der Waals surface area (Å²) >= 11 is 0. The minimum absolute atomic E-state index is 0.0188. The van der Waals surface area contributed by atoms with E-state index in [0.29, 0.717) is 13.1 Å². The third-order valence-corrected chi connectivity index (χ3v) is 5.40. The maximum absolute atomic E-state index is 11.6. The van der Waals surface area contributed by atoms with E-state index in [2.05, 4.69) is 0 Å². The molecule has 1 aliphatic heterocycles. The second kappa shape index (κ2) is 6.08. The van der Waals surface area contributed by atoms with Crippen molar-refractivity contribution in [1.82, 2.24) is 4.90 Å². The molecule has 1 aliphatic rings. The van der Waals surface area contributed by atoms with Crippen molar-refractivity contribution in [3.8, 4) is 0 Å². The molecule has 0 aromatic heterocycles. The van der Waals surface area contributed by atoms with Crippen LogP contribution in [0.4, 0.5) is 5.69 Å². The number of non-ortho nitro benzene ring substituents is 1. The van der Waals surface area contributed by atoms with Gasteiger partial charge in [-0.25, -0.2) is 8.42 Å². The van der Waals surface area contributed by atoms with Crippen LogP contribution in [0.5, 0.6) is 0 Å². The minimum Gasteiger partial charge on any atom is -0.390 e. The van der Waals surface area contributed by atoms with Crippen molar-refractivity contribution < 1.29 is 18.4 Å². The first kappa shape index (κ1) is 15.9. The molecule has 0 amide bonds. The number of hydrogen-bond acceptors (Lipinski definition) is 6. The highest BCUT2D eigenvalue weighted by atomic mass is 32.2. The van der Waals surface area contributed by atoms with Crippen molar-refractivity contribution in [2.24, 2.45) is 0 Å². The maximum atomic E-state index is 11.6. The lowest BCUT2D eigenvalue weighted by Crippen LogP contribution is -2.42. The average molecular weight is 314 g/mol. The van der Waals surface area contributed by atoms with Gasteiger partial charge in [0.05, 0.1) is 28.6 Å². The number of nitro groups is 1. The largest absolute Gasteiger partial charge is 0.390 e. The monoisotopic (exact) mass is 314 g/mol. The lowest BCUT2D eigenvalue weighted by molar-refractivity contribution is -0.384. The standard InChI is InChI=1S/C13H18N2O5S/c1-2-14(12-8-21(19,20)9-13(12)16)7-10-3-5-11(6-4-10)15(17)18/h3-6,12-13,16H,2,7-9H2,1H3/t12-,13+/m1/s1. The van der Waals surface area contributed by atoms with Gasteiger partial charge < -0.3 is 5.11 Å². The van der Waals surface area contributed by atoms with E-state index in [9.17, 15) is 23.6 Å². The topological polar surface area (TPSA) is 101 Å². The molecule has 0 radical (unpaired) electrons. The summed E-state index contributed by atoms with van der Waals surface area (Å²) in [5.74, 6) is -0.247. The van der Waals surface area contributed by atoms with Crippen LogP contribution in [0.25, 0.3) is 0 Å². The van der Waals surface area contributed by atoms with Gasteiger partial charge in [0.25, 0.3) is 5.69 Å². The molecule has 116 valence electrons. The molecule has 2 atom stereocenters. The predicted octanol–water partition coefficient (Wildman–Crippen LogP) is 0.575. The Morgan fingerprint density at radius 3 is 2.38 bits per heavy atom. The number of nitrogens with zero attached hydrogens (tertiary/aromatic N) is 2. The van der Waals surface area contributed by atoms with Gasteiger partial charge in [0, 0.05) is 18.7 Å². The van der Waals surface area contributed by atoms with Crippen LogP contribution in [-0.2, 0) is 16.4 Å². The molecule has 2 rings (SSSR count). The Hall–Kier alpha value is -1.51. The predicted molar refractivity (Wildman–Crippen MR) is 77.6 cm³/mol. The molecule has 0 spiro atoms. The first-order valence-corrected chi connectivity index (χ1v) is 8.50. The lowest BCUT2D eigenvalue weighted by atomic mass is 10.1. The molecular weight excluding hydrogens is 296 g/mol. The number of sulfone groups is 1. The van der Waals surface area contributed by atoms with Crippen molar-refractivity contribution in [1.29, 1.82) is 0 Å². The summed E-state index contributed by atoms with van der Waals surface area (Å²) in [5, 5.41) is 20.5. The van der Waals surface area contributed by atoms with Crippen LogP contribution < -0.4 is 0 Å². The molecule has 7 nitrogen and oxygen atoms in total. The first-order valence-electron chi connectivity index (χ1n) is 6.68. The zero-order valence-corrected chi connectivity index (χ0v) is 12.5. The maximum Gasteiger partial charge on any atom is 0.269 e. The van der Waals surface area contributed by atoms with E-state index in [0.717, 1.165) is 5.56 Å². The fraction of sp³-hybridized carbons (Fsp3) is 0.538. The van der Waals surface area contributed by atoms with E-state index < -0.39 is 26.9 Å². The Morgan fingerprint density at radius 2 is 1.95 bits per heavy atom. The third-order valence-electron chi connectivity index (χ3n) is 3.70. The number of hydrogen-bond donors (Lipinski definition) is 1. The van der Waals surface area contributed by atoms with E-state index in [1.165, 1.54) is 12.1 Å². The van der Waals surface area contributed by atoms with Crippen LogP contribution in [-0.4, -0.2) is 53.5 Å². The molecule has 1 heterocycles. The van der Waals surface area contributed by atoms with Crippen LogP contribution in [0.1, 0.15) is 12.5 Å². The van der Waals surface area contributed by atoms with Gasteiger partial charge in [0.1, 0.15) is 0 Å². The summed E-state index contributed by atoms with van der Waals surface area (Å²) in [4.78, 5) is 12.0. The molecule has 8 heteroatoms. The Morgan fingerprint density at radius 1 is 1.33 bits per heavy atom. The Labute approximate surface area is 123 Å². The van der Waals surface area contributed by atoms with Gasteiger partial charge in [0.2, 0.25) is 0 Å². The van der Waals surface area contributed by atoms with Gasteiger partial charge in [0.15, 0.2) is 9.84 Å². The highest BCUT2D eigenvalue weighted by Crippen LogP contribution is 2.21. The number of benzene rings is 1. The van der Waals surface area contributed by atoms with E-state index in [1.54, 1.807) is 12.1 Å². The van der Waals surface area contributed by atoms with Gasteiger partial charge >= 0.3 is 0 Å². The van der Waals surface area contributed by atoms with Crippen LogP contribution >= 0.6 is 0 Å². The molecule has 0 bridgehead atoms. The quantitative estimate of drug-likeness (QED) is 0.630. The fourth-order valence-corrected chi connectivity index (χ4v) is 4.41. The fourth-order valence-electron chi connectivity index (χ4n) is 2.58. The first-order chi connectivity index (χ1) is 9.82. The van der Waals surface area contributed by atoms with Crippen molar-refractivity contribution >= 4 is 15.5 Å². The molecule has 1 saturated heterocycles. The number of aliphatic hydroxyl groups excluding tert-OH is 1. The van der Waals surface area contributed by atoms with Crippen molar-refractivity contribution in [3.63, 3.8) is 0 Å². The van der Waals surface area contributed by atoms with E-state index in [4.69, 9.17) is 0 Å². The normalized spacial score (nSPS) is 24.3.